The summed E-state index contributed by atoms with van der Waals surface area (Å²) in [6, 6.07) is 18.4. The van der Waals surface area contributed by atoms with Crippen molar-refractivity contribution in [2.24, 2.45) is 5.92 Å². The van der Waals surface area contributed by atoms with Crippen LogP contribution in [0.1, 0.15) is 17.2 Å². The third-order valence-electron chi connectivity index (χ3n) is 5.79. The predicted octanol–water partition coefficient (Wildman–Crippen LogP) is 4.46. The van der Waals surface area contributed by atoms with Gasteiger partial charge in [0.2, 0.25) is 5.91 Å². The van der Waals surface area contributed by atoms with Gasteiger partial charge in [0, 0.05) is 0 Å². The second kappa shape index (κ2) is 7.63. The number of amides is 2. The highest BCUT2D eigenvalue weighted by Crippen LogP contribution is 2.48. The van der Waals surface area contributed by atoms with Crippen molar-refractivity contribution in [1.29, 1.82) is 0 Å². The molecule has 1 N–H and O–H groups in total. The van der Waals surface area contributed by atoms with Crippen LogP contribution in [-0.4, -0.2) is 23.0 Å². The average Bonchev–Trinajstić information content (AvgIpc) is 3.30. The van der Waals surface area contributed by atoms with Gasteiger partial charge in [0.1, 0.15) is 11.7 Å². The number of anilines is 2. The summed E-state index contributed by atoms with van der Waals surface area (Å²) in [5.74, 6) is -2.34. The van der Waals surface area contributed by atoms with Gasteiger partial charge in [-0.15, -0.1) is 0 Å². The zero-order valence-electron chi connectivity index (χ0n) is 16.9. The van der Waals surface area contributed by atoms with Gasteiger partial charge < -0.3 is 5.11 Å². The maximum absolute atomic E-state index is 13.5. The Hall–Kier alpha value is -3.85. The molecule has 168 valence electrons. The van der Waals surface area contributed by atoms with E-state index < -0.39 is 41.6 Å². The van der Waals surface area contributed by atoms with Gasteiger partial charge in [-0.3, -0.25) is 14.4 Å². The minimum Gasteiger partial charge on any atom is -0.508 e. The van der Waals surface area contributed by atoms with Crippen molar-refractivity contribution in [3.63, 3.8) is 0 Å². The van der Waals surface area contributed by atoms with Crippen LogP contribution >= 0.6 is 0 Å². The minimum absolute atomic E-state index is 0.0277. The van der Waals surface area contributed by atoms with E-state index >= 15 is 0 Å². The largest absolute Gasteiger partial charge is 0.508 e. The molecule has 6 nitrogen and oxygen atoms in total. The number of hydrogen-bond donors (Lipinski definition) is 1. The number of fused-ring (bicyclic) bond motifs is 1. The van der Waals surface area contributed by atoms with Gasteiger partial charge in [-0.1, -0.05) is 36.4 Å². The zero-order valence-corrected chi connectivity index (χ0v) is 16.9. The number of phenols is 1. The van der Waals surface area contributed by atoms with Crippen LogP contribution in [0, 0.1) is 5.92 Å². The number of halogens is 3. The van der Waals surface area contributed by atoms with Crippen molar-refractivity contribution in [2.45, 2.75) is 18.3 Å². The topological polar surface area (TPSA) is 70.1 Å². The normalized spacial score (nSPS) is 22.7. The first-order valence-corrected chi connectivity index (χ1v) is 10.1. The second-order valence-electron chi connectivity index (χ2n) is 7.81. The summed E-state index contributed by atoms with van der Waals surface area (Å²) < 4.78 is 39.6. The number of phenolic OH excluding ortho intramolecular Hbond substituents is 1. The number of para-hydroxylation sites is 1. The first-order valence-electron chi connectivity index (χ1n) is 10.1. The van der Waals surface area contributed by atoms with E-state index in [-0.39, 0.29) is 11.4 Å². The fourth-order valence-corrected chi connectivity index (χ4v) is 4.30. The summed E-state index contributed by atoms with van der Waals surface area (Å²) in [6.45, 7) is 0. The molecule has 0 aromatic heterocycles. The quantitative estimate of drug-likeness (QED) is 0.592. The summed E-state index contributed by atoms with van der Waals surface area (Å²) in [4.78, 5) is 33.4. The van der Waals surface area contributed by atoms with E-state index in [0.717, 1.165) is 23.1 Å². The van der Waals surface area contributed by atoms with Crippen LogP contribution in [0.3, 0.4) is 0 Å². The molecule has 3 aromatic carbocycles. The maximum atomic E-state index is 13.5. The zero-order chi connectivity index (χ0) is 23.3. The minimum atomic E-state index is -4.62. The molecule has 2 saturated heterocycles. The number of hydroxylamine groups is 1. The van der Waals surface area contributed by atoms with Crippen molar-refractivity contribution in [3.8, 4) is 5.75 Å². The summed E-state index contributed by atoms with van der Waals surface area (Å²) in [6.07, 6.45) is -5.82. The number of rotatable bonds is 3. The molecule has 5 rings (SSSR count). The molecule has 0 saturated carbocycles. The van der Waals surface area contributed by atoms with Crippen LogP contribution in [-0.2, 0) is 20.6 Å². The lowest BCUT2D eigenvalue weighted by Gasteiger charge is -2.28. The molecule has 0 aliphatic carbocycles. The molecule has 0 unspecified atom stereocenters. The third-order valence-corrected chi connectivity index (χ3v) is 5.79. The van der Waals surface area contributed by atoms with E-state index in [2.05, 4.69) is 0 Å². The first-order chi connectivity index (χ1) is 15.8. The number of benzene rings is 3. The van der Waals surface area contributed by atoms with E-state index in [1.165, 1.54) is 23.3 Å². The van der Waals surface area contributed by atoms with Crippen LogP contribution < -0.4 is 9.96 Å². The van der Waals surface area contributed by atoms with Crippen molar-refractivity contribution < 1.29 is 32.7 Å². The van der Waals surface area contributed by atoms with Crippen LogP contribution in [0.15, 0.2) is 78.9 Å². The van der Waals surface area contributed by atoms with E-state index in [0.29, 0.717) is 11.3 Å². The van der Waals surface area contributed by atoms with Gasteiger partial charge in [0.05, 0.1) is 23.0 Å². The Balaban J connectivity index is 1.57. The van der Waals surface area contributed by atoms with Gasteiger partial charge in [-0.25, -0.2) is 9.96 Å². The standard InChI is InChI=1S/C24H17F3N2O4/c25-24(26,27)15-5-4-8-17(13-15)28-22(31)19-20(14-9-11-18(30)12-10-14)29(33-21(19)23(28)32)16-6-2-1-3-7-16/h1-13,19-21,30H/t19-,20-,21+/m0/s1. The Kier molecular flexibility index (Phi) is 4.86. The van der Waals surface area contributed by atoms with Crippen molar-refractivity contribution >= 4 is 23.2 Å². The smallest absolute Gasteiger partial charge is 0.416 e. The number of nitrogens with zero attached hydrogens (tertiary/aromatic N) is 2. The SMILES string of the molecule is O=C1[C@@H]2[C@@H](ON(c3ccccc3)[C@H]2c2ccc(O)cc2)C(=O)N1c1cccc(C(F)(F)F)c1. The summed E-state index contributed by atoms with van der Waals surface area (Å²) in [7, 11) is 0. The molecule has 2 aliphatic heterocycles. The Morgan fingerprint density at radius 2 is 1.48 bits per heavy atom. The van der Waals surface area contributed by atoms with Gasteiger partial charge >= 0.3 is 6.18 Å². The third kappa shape index (κ3) is 3.50. The van der Waals surface area contributed by atoms with Crippen molar-refractivity contribution in [2.75, 3.05) is 9.96 Å². The maximum Gasteiger partial charge on any atom is 0.416 e. The molecular formula is C24H17F3N2O4. The fourth-order valence-electron chi connectivity index (χ4n) is 4.30. The Labute approximate surface area is 186 Å². The molecule has 0 spiro atoms. The van der Waals surface area contributed by atoms with Gasteiger partial charge in [-0.2, -0.15) is 13.2 Å². The number of hydrogen-bond acceptors (Lipinski definition) is 5. The van der Waals surface area contributed by atoms with Crippen molar-refractivity contribution in [1.82, 2.24) is 0 Å². The van der Waals surface area contributed by atoms with E-state index in [4.69, 9.17) is 4.84 Å². The molecule has 0 bridgehead atoms. The summed E-state index contributed by atoms with van der Waals surface area (Å²) >= 11 is 0. The molecule has 2 heterocycles. The van der Waals surface area contributed by atoms with E-state index in [9.17, 15) is 27.9 Å². The Morgan fingerprint density at radius 3 is 2.15 bits per heavy atom. The highest BCUT2D eigenvalue weighted by atomic mass is 19.4. The van der Waals surface area contributed by atoms with Crippen LogP contribution in [0.4, 0.5) is 24.5 Å². The Morgan fingerprint density at radius 1 is 0.818 bits per heavy atom. The lowest BCUT2D eigenvalue weighted by molar-refractivity contribution is -0.137. The van der Waals surface area contributed by atoms with Gasteiger partial charge in [0.25, 0.3) is 5.91 Å². The highest BCUT2D eigenvalue weighted by molar-refractivity contribution is 6.24. The molecule has 0 radical (unpaired) electrons. The molecule has 2 aliphatic rings. The van der Waals surface area contributed by atoms with Gasteiger partial charge in [-0.05, 0) is 48.0 Å². The predicted molar refractivity (Wildman–Crippen MR) is 112 cm³/mol. The summed E-state index contributed by atoms with van der Waals surface area (Å²) in [5.41, 5.74) is 0.0977. The van der Waals surface area contributed by atoms with Gasteiger partial charge in [0.15, 0.2) is 6.10 Å². The lowest BCUT2D eigenvalue weighted by atomic mass is 9.90. The Bertz CT molecular complexity index is 1210. The number of carbonyl (C=O) groups excluding carboxylic acids is 2. The second-order valence-corrected chi connectivity index (χ2v) is 7.81. The monoisotopic (exact) mass is 454 g/mol. The molecular weight excluding hydrogens is 437 g/mol. The number of aromatic hydroxyl groups is 1. The van der Waals surface area contributed by atoms with Crippen LogP contribution in [0.2, 0.25) is 0 Å². The lowest BCUT2D eigenvalue weighted by Crippen LogP contribution is -2.37. The van der Waals surface area contributed by atoms with Crippen molar-refractivity contribution in [3.05, 3.63) is 90.0 Å². The van der Waals surface area contributed by atoms with Crippen LogP contribution in [0.5, 0.6) is 5.75 Å². The van der Waals surface area contributed by atoms with E-state index in [1.807, 2.05) is 6.07 Å². The molecule has 3 atom stereocenters. The molecule has 9 heteroatoms. The number of imide groups is 1. The van der Waals surface area contributed by atoms with E-state index in [1.54, 1.807) is 36.4 Å². The fraction of sp³-hybridized carbons (Fsp3) is 0.167. The summed E-state index contributed by atoms with van der Waals surface area (Å²) in [5, 5.41) is 11.2. The average molecular weight is 454 g/mol. The highest BCUT2D eigenvalue weighted by Gasteiger charge is 2.60. The molecule has 2 amide bonds. The number of carbonyl (C=O) groups is 2. The van der Waals surface area contributed by atoms with Crippen LogP contribution in [0.25, 0.3) is 0 Å². The molecule has 2 fully saturated rings. The first kappa shape index (κ1) is 21.0. The molecule has 33 heavy (non-hydrogen) atoms. The number of alkyl halides is 3. The molecule has 3 aromatic rings.